The minimum absolute atomic E-state index is 0.00189. The van der Waals surface area contributed by atoms with E-state index in [-0.39, 0.29) is 18.5 Å². The molecule has 1 amide bonds. The van der Waals surface area contributed by atoms with Crippen LogP contribution in [0.2, 0.25) is 0 Å². The highest BCUT2D eigenvalue weighted by Crippen LogP contribution is 1.95. The molecule has 0 bridgehead atoms. The largest absolute Gasteiger partial charge is 0.383 e. The van der Waals surface area contributed by atoms with E-state index in [1.165, 1.54) is 0 Å². The van der Waals surface area contributed by atoms with Crippen molar-refractivity contribution in [3.05, 3.63) is 18.0 Å². The highest BCUT2D eigenvalue weighted by molar-refractivity contribution is 5.75. The van der Waals surface area contributed by atoms with Crippen molar-refractivity contribution in [3.63, 3.8) is 0 Å². The molecule has 6 nitrogen and oxygen atoms in total. The molecule has 90 valence electrons. The summed E-state index contributed by atoms with van der Waals surface area (Å²) >= 11 is 0. The topological polar surface area (TPSA) is 82.2 Å². The summed E-state index contributed by atoms with van der Waals surface area (Å²) in [4.78, 5) is 11.5. The van der Waals surface area contributed by atoms with E-state index in [9.17, 15) is 4.79 Å². The quantitative estimate of drug-likeness (QED) is 0.684. The van der Waals surface area contributed by atoms with E-state index in [0.29, 0.717) is 13.2 Å². The van der Waals surface area contributed by atoms with Gasteiger partial charge in [0, 0.05) is 31.5 Å². The molecule has 1 aromatic heterocycles. The van der Waals surface area contributed by atoms with Crippen LogP contribution >= 0.6 is 0 Å². The van der Waals surface area contributed by atoms with Crippen LogP contribution in [0.1, 0.15) is 12.5 Å². The van der Waals surface area contributed by atoms with Gasteiger partial charge in [0.15, 0.2) is 0 Å². The second-order valence-electron chi connectivity index (χ2n) is 3.67. The zero-order valence-electron chi connectivity index (χ0n) is 9.64. The maximum atomic E-state index is 11.5. The molecular weight excluding hydrogens is 208 g/mol. The number of nitrogens with two attached hydrogens (primary N) is 1. The second kappa shape index (κ2) is 6.24. The molecule has 1 unspecified atom stereocenters. The summed E-state index contributed by atoms with van der Waals surface area (Å²) in [5.41, 5.74) is 6.36. The molecule has 0 radical (unpaired) electrons. The van der Waals surface area contributed by atoms with Crippen molar-refractivity contribution in [2.24, 2.45) is 5.73 Å². The molecule has 0 saturated heterocycles. The maximum Gasteiger partial charge on any atom is 0.242 e. The van der Waals surface area contributed by atoms with Crippen LogP contribution in [0.15, 0.2) is 12.4 Å². The number of aromatic nitrogens is 2. The third-order valence-corrected chi connectivity index (χ3v) is 2.05. The van der Waals surface area contributed by atoms with Gasteiger partial charge in [-0.1, -0.05) is 0 Å². The first-order chi connectivity index (χ1) is 7.65. The first kappa shape index (κ1) is 12.7. The van der Waals surface area contributed by atoms with Gasteiger partial charge in [-0.2, -0.15) is 5.10 Å². The van der Waals surface area contributed by atoms with Crippen LogP contribution in [0.25, 0.3) is 0 Å². The Morgan fingerprint density at radius 3 is 3.06 bits per heavy atom. The fraction of sp³-hybridized carbons (Fsp3) is 0.600. The summed E-state index contributed by atoms with van der Waals surface area (Å²) in [6, 6.07) is 0.00189. The molecule has 1 rings (SSSR count). The number of carbonyl (C=O) groups is 1. The number of methoxy groups -OCH3 is 1. The predicted octanol–water partition coefficient (Wildman–Crippen LogP) is -0.507. The van der Waals surface area contributed by atoms with E-state index < -0.39 is 0 Å². The highest BCUT2D eigenvalue weighted by atomic mass is 16.5. The number of hydrogen-bond donors (Lipinski definition) is 2. The Labute approximate surface area is 94.8 Å². The minimum Gasteiger partial charge on any atom is -0.383 e. The minimum atomic E-state index is -0.0868. The van der Waals surface area contributed by atoms with Gasteiger partial charge in [0.05, 0.1) is 12.8 Å². The highest BCUT2D eigenvalue weighted by Gasteiger charge is 2.08. The Kier molecular flexibility index (Phi) is 4.94. The van der Waals surface area contributed by atoms with Crippen molar-refractivity contribution >= 4 is 5.91 Å². The molecule has 0 aliphatic heterocycles. The molecule has 0 spiro atoms. The average molecular weight is 226 g/mol. The molecule has 1 aromatic rings. The van der Waals surface area contributed by atoms with Crippen molar-refractivity contribution in [2.75, 3.05) is 13.7 Å². The summed E-state index contributed by atoms with van der Waals surface area (Å²) in [6.45, 7) is 3.02. The molecule has 0 aliphatic rings. The van der Waals surface area contributed by atoms with Crippen LogP contribution in [0.3, 0.4) is 0 Å². The normalized spacial score (nSPS) is 12.4. The van der Waals surface area contributed by atoms with Gasteiger partial charge in [0.25, 0.3) is 0 Å². The Bertz CT molecular complexity index is 337. The van der Waals surface area contributed by atoms with Crippen molar-refractivity contribution in [1.82, 2.24) is 15.1 Å². The van der Waals surface area contributed by atoms with E-state index in [1.54, 1.807) is 24.2 Å². The van der Waals surface area contributed by atoms with Gasteiger partial charge in [-0.25, -0.2) is 0 Å². The van der Waals surface area contributed by atoms with Gasteiger partial charge < -0.3 is 15.8 Å². The first-order valence-corrected chi connectivity index (χ1v) is 5.15. The Balaban J connectivity index is 2.39. The van der Waals surface area contributed by atoms with E-state index in [2.05, 4.69) is 10.4 Å². The van der Waals surface area contributed by atoms with E-state index in [0.717, 1.165) is 5.56 Å². The van der Waals surface area contributed by atoms with Crippen LogP contribution in [0.4, 0.5) is 0 Å². The number of amides is 1. The summed E-state index contributed by atoms with van der Waals surface area (Å²) in [5, 5.41) is 6.83. The van der Waals surface area contributed by atoms with Gasteiger partial charge in [-0.15, -0.1) is 0 Å². The van der Waals surface area contributed by atoms with Crippen molar-refractivity contribution in [3.8, 4) is 0 Å². The van der Waals surface area contributed by atoms with Crippen LogP contribution in [0, 0.1) is 0 Å². The fourth-order valence-corrected chi connectivity index (χ4v) is 1.36. The molecule has 1 heterocycles. The summed E-state index contributed by atoms with van der Waals surface area (Å²) in [7, 11) is 1.60. The van der Waals surface area contributed by atoms with Crippen molar-refractivity contribution < 1.29 is 9.53 Å². The Hall–Kier alpha value is -1.40. The molecule has 6 heteroatoms. The maximum absolute atomic E-state index is 11.5. The lowest BCUT2D eigenvalue weighted by Crippen LogP contribution is -2.37. The van der Waals surface area contributed by atoms with E-state index >= 15 is 0 Å². The molecule has 0 saturated carbocycles. The summed E-state index contributed by atoms with van der Waals surface area (Å²) in [5.74, 6) is -0.0868. The molecule has 3 N–H and O–H groups in total. The lowest BCUT2D eigenvalue weighted by atomic mass is 10.3. The molecule has 0 fully saturated rings. The Morgan fingerprint density at radius 1 is 1.75 bits per heavy atom. The van der Waals surface area contributed by atoms with E-state index in [4.69, 9.17) is 10.5 Å². The van der Waals surface area contributed by atoms with E-state index in [1.807, 2.05) is 6.92 Å². The zero-order valence-corrected chi connectivity index (χ0v) is 9.64. The van der Waals surface area contributed by atoms with Crippen LogP contribution < -0.4 is 11.1 Å². The number of carbonyl (C=O) groups excluding carboxylic acids is 1. The zero-order chi connectivity index (χ0) is 12.0. The number of hydrogen-bond acceptors (Lipinski definition) is 4. The third kappa shape index (κ3) is 4.00. The molecular formula is C10H18N4O2. The number of ether oxygens (including phenoxy) is 1. The van der Waals surface area contributed by atoms with Crippen LogP contribution in [0.5, 0.6) is 0 Å². The molecule has 0 aromatic carbocycles. The Morgan fingerprint density at radius 2 is 2.50 bits per heavy atom. The predicted molar refractivity (Wildman–Crippen MR) is 59.6 cm³/mol. The van der Waals surface area contributed by atoms with Gasteiger partial charge in [-0.3, -0.25) is 9.48 Å². The SMILES string of the molecule is COCC(C)NC(=O)Cn1cc(CN)cn1. The summed E-state index contributed by atoms with van der Waals surface area (Å²) in [6.07, 6.45) is 3.42. The van der Waals surface area contributed by atoms with Crippen LogP contribution in [-0.4, -0.2) is 35.4 Å². The smallest absolute Gasteiger partial charge is 0.242 e. The number of nitrogens with one attached hydrogen (secondary N) is 1. The lowest BCUT2D eigenvalue weighted by Gasteiger charge is -2.12. The van der Waals surface area contributed by atoms with Crippen molar-refractivity contribution in [1.29, 1.82) is 0 Å². The van der Waals surface area contributed by atoms with Gasteiger partial charge in [-0.05, 0) is 6.92 Å². The second-order valence-corrected chi connectivity index (χ2v) is 3.67. The monoisotopic (exact) mass is 226 g/mol. The van der Waals surface area contributed by atoms with Gasteiger partial charge >= 0.3 is 0 Å². The standard InChI is InChI=1S/C10H18N4O2/c1-8(7-16-2)13-10(15)6-14-5-9(3-11)4-12-14/h4-5,8H,3,6-7,11H2,1-2H3,(H,13,15). The molecule has 16 heavy (non-hydrogen) atoms. The lowest BCUT2D eigenvalue weighted by molar-refractivity contribution is -0.122. The summed E-state index contributed by atoms with van der Waals surface area (Å²) < 4.78 is 6.49. The number of nitrogens with zero attached hydrogens (tertiary/aromatic N) is 2. The number of rotatable bonds is 6. The van der Waals surface area contributed by atoms with Gasteiger partial charge in [0.2, 0.25) is 5.91 Å². The third-order valence-electron chi connectivity index (χ3n) is 2.05. The van der Waals surface area contributed by atoms with Gasteiger partial charge in [0.1, 0.15) is 6.54 Å². The van der Waals surface area contributed by atoms with Crippen LogP contribution in [-0.2, 0) is 22.6 Å². The molecule has 1 atom stereocenters. The average Bonchev–Trinajstić information content (AvgIpc) is 2.65. The van der Waals surface area contributed by atoms with Crippen molar-refractivity contribution in [2.45, 2.75) is 26.1 Å². The fourth-order valence-electron chi connectivity index (χ4n) is 1.36. The first-order valence-electron chi connectivity index (χ1n) is 5.15. The molecule has 0 aliphatic carbocycles.